The van der Waals surface area contributed by atoms with Crippen LogP contribution < -0.4 is 10.5 Å². The number of ether oxygens (including phenoxy) is 1. The number of benzene rings is 1. The Bertz CT molecular complexity index is 610. The van der Waals surface area contributed by atoms with E-state index in [-0.39, 0.29) is 6.04 Å². The van der Waals surface area contributed by atoms with E-state index in [4.69, 9.17) is 10.5 Å². The van der Waals surface area contributed by atoms with Gasteiger partial charge in [0.1, 0.15) is 5.75 Å². The molecule has 1 unspecified atom stereocenters. The zero-order chi connectivity index (χ0) is 12.8. The topological polar surface area (TPSA) is 35.2 Å². The maximum absolute atomic E-state index is 6.48. The summed E-state index contributed by atoms with van der Waals surface area (Å²) in [6, 6.07) is 8.63. The molecule has 0 saturated heterocycles. The Hall–Kier alpha value is -1.32. The van der Waals surface area contributed by atoms with E-state index in [0.29, 0.717) is 0 Å². The first-order valence-corrected chi connectivity index (χ1v) is 7.76. The maximum atomic E-state index is 6.48. The first-order valence-electron chi connectivity index (χ1n) is 6.94. The normalized spacial score (nSPS) is 17.9. The van der Waals surface area contributed by atoms with Crippen LogP contribution in [0.15, 0.2) is 24.3 Å². The molecule has 0 bridgehead atoms. The molecule has 0 radical (unpaired) electrons. The SMILES string of the molecule is NC(c1cc2c(s1)CCC2)c1cccc2c1OCC2. The standard InChI is InChI=1S/C16H17NOS/c17-15(14-9-11-4-2-6-13(11)19-14)12-5-1-3-10-7-8-18-16(10)12/h1,3,5,9,15H,2,4,6-8,17H2. The van der Waals surface area contributed by atoms with Gasteiger partial charge in [0.25, 0.3) is 0 Å². The zero-order valence-electron chi connectivity index (χ0n) is 10.8. The Morgan fingerprint density at radius 1 is 1.16 bits per heavy atom. The van der Waals surface area contributed by atoms with Crippen LogP contribution in [0.5, 0.6) is 5.75 Å². The molecule has 0 saturated carbocycles. The molecule has 3 heteroatoms. The van der Waals surface area contributed by atoms with E-state index in [9.17, 15) is 0 Å². The Morgan fingerprint density at radius 2 is 2.11 bits per heavy atom. The Balaban J connectivity index is 1.73. The Morgan fingerprint density at radius 3 is 3.00 bits per heavy atom. The summed E-state index contributed by atoms with van der Waals surface area (Å²) < 4.78 is 5.77. The number of hydrogen-bond acceptors (Lipinski definition) is 3. The van der Waals surface area contributed by atoms with Crippen LogP contribution in [0.2, 0.25) is 0 Å². The molecule has 1 aliphatic heterocycles. The van der Waals surface area contributed by atoms with E-state index in [2.05, 4.69) is 24.3 Å². The van der Waals surface area contributed by atoms with Crippen molar-refractivity contribution >= 4 is 11.3 Å². The fourth-order valence-electron chi connectivity index (χ4n) is 3.14. The summed E-state index contributed by atoms with van der Waals surface area (Å²) in [7, 11) is 0. The number of hydrogen-bond donors (Lipinski definition) is 1. The largest absolute Gasteiger partial charge is 0.493 e. The van der Waals surface area contributed by atoms with Crippen molar-refractivity contribution < 1.29 is 4.74 Å². The third-order valence-corrected chi connectivity index (χ3v) is 5.47. The number of fused-ring (bicyclic) bond motifs is 2. The van der Waals surface area contributed by atoms with Gasteiger partial charge in [-0.05, 0) is 36.5 Å². The first-order chi connectivity index (χ1) is 9.33. The summed E-state index contributed by atoms with van der Waals surface area (Å²) in [6.07, 6.45) is 4.77. The van der Waals surface area contributed by atoms with Crippen LogP contribution in [0.1, 0.15) is 38.9 Å². The first kappa shape index (κ1) is 11.5. The molecule has 1 aromatic heterocycles. The lowest BCUT2D eigenvalue weighted by Gasteiger charge is -2.14. The van der Waals surface area contributed by atoms with Gasteiger partial charge < -0.3 is 10.5 Å². The molecule has 98 valence electrons. The predicted octanol–water partition coefficient (Wildman–Crippen LogP) is 3.22. The van der Waals surface area contributed by atoms with Crippen LogP contribution >= 0.6 is 11.3 Å². The van der Waals surface area contributed by atoms with Gasteiger partial charge in [-0.15, -0.1) is 11.3 Å². The minimum Gasteiger partial charge on any atom is -0.493 e. The van der Waals surface area contributed by atoms with E-state index in [1.165, 1.54) is 35.3 Å². The van der Waals surface area contributed by atoms with E-state index >= 15 is 0 Å². The van der Waals surface area contributed by atoms with Crippen LogP contribution in [0.3, 0.4) is 0 Å². The van der Waals surface area contributed by atoms with Gasteiger partial charge in [-0.2, -0.15) is 0 Å². The van der Waals surface area contributed by atoms with Gasteiger partial charge in [-0.3, -0.25) is 0 Å². The summed E-state index contributed by atoms with van der Waals surface area (Å²) >= 11 is 1.89. The van der Waals surface area contributed by atoms with Crippen molar-refractivity contribution in [2.24, 2.45) is 5.73 Å². The highest BCUT2D eigenvalue weighted by molar-refractivity contribution is 7.12. The smallest absolute Gasteiger partial charge is 0.127 e. The third-order valence-electron chi connectivity index (χ3n) is 4.15. The highest BCUT2D eigenvalue weighted by atomic mass is 32.1. The molecule has 1 aromatic carbocycles. The second-order valence-electron chi connectivity index (χ2n) is 5.36. The molecule has 2 heterocycles. The minimum absolute atomic E-state index is 0.0383. The van der Waals surface area contributed by atoms with Crippen molar-refractivity contribution in [3.05, 3.63) is 50.7 Å². The second-order valence-corrected chi connectivity index (χ2v) is 6.53. The second kappa shape index (κ2) is 4.36. The van der Waals surface area contributed by atoms with Gasteiger partial charge >= 0.3 is 0 Å². The molecule has 2 aromatic rings. The van der Waals surface area contributed by atoms with Gasteiger partial charge in [-0.25, -0.2) is 0 Å². The molecule has 2 N–H and O–H groups in total. The molecule has 0 amide bonds. The number of rotatable bonds is 2. The number of aryl methyl sites for hydroxylation is 2. The molecule has 2 aliphatic rings. The predicted molar refractivity (Wildman–Crippen MR) is 78.0 cm³/mol. The molecule has 1 aliphatic carbocycles. The summed E-state index contributed by atoms with van der Waals surface area (Å²) in [5.74, 6) is 1.03. The molecule has 1 atom stereocenters. The van der Waals surface area contributed by atoms with Gasteiger partial charge in [0.2, 0.25) is 0 Å². The molecular formula is C16H17NOS. The summed E-state index contributed by atoms with van der Waals surface area (Å²) in [4.78, 5) is 2.83. The van der Waals surface area contributed by atoms with Crippen molar-refractivity contribution in [3.8, 4) is 5.75 Å². The van der Waals surface area contributed by atoms with Crippen molar-refractivity contribution in [1.29, 1.82) is 0 Å². The summed E-state index contributed by atoms with van der Waals surface area (Å²) in [5.41, 5.74) is 10.4. The van der Waals surface area contributed by atoms with Crippen LogP contribution in [-0.2, 0) is 19.3 Å². The molecule has 19 heavy (non-hydrogen) atoms. The number of para-hydroxylation sites is 1. The maximum Gasteiger partial charge on any atom is 0.127 e. The summed E-state index contributed by atoms with van der Waals surface area (Å²) in [5, 5.41) is 0. The highest BCUT2D eigenvalue weighted by Crippen LogP contribution is 2.39. The van der Waals surface area contributed by atoms with E-state index in [0.717, 1.165) is 24.3 Å². The average Bonchev–Trinajstić information content (AvgIpc) is 3.11. The van der Waals surface area contributed by atoms with Gasteiger partial charge in [0.05, 0.1) is 12.6 Å². The van der Waals surface area contributed by atoms with Crippen molar-refractivity contribution in [2.45, 2.75) is 31.7 Å². The monoisotopic (exact) mass is 271 g/mol. The fourth-order valence-corrected chi connectivity index (χ4v) is 4.42. The van der Waals surface area contributed by atoms with Crippen molar-refractivity contribution in [3.63, 3.8) is 0 Å². The third kappa shape index (κ3) is 1.80. The van der Waals surface area contributed by atoms with Crippen LogP contribution in [-0.4, -0.2) is 6.61 Å². The minimum atomic E-state index is -0.0383. The summed E-state index contributed by atoms with van der Waals surface area (Å²) in [6.45, 7) is 0.792. The number of nitrogens with two attached hydrogens (primary N) is 1. The molecule has 0 fully saturated rings. The van der Waals surface area contributed by atoms with E-state index in [1.807, 2.05) is 11.3 Å². The lowest BCUT2D eigenvalue weighted by Crippen LogP contribution is -2.11. The molecule has 0 spiro atoms. The molecule has 4 rings (SSSR count). The molecule has 2 nitrogen and oxygen atoms in total. The van der Waals surface area contributed by atoms with Crippen LogP contribution in [0, 0.1) is 0 Å². The van der Waals surface area contributed by atoms with Crippen LogP contribution in [0.25, 0.3) is 0 Å². The van der Waals surface area contributed by atoms with E-state index < -0.39 is 0 Å². The van der Waals surface area contributed by atoms with Crippen molar-refractivity contribution in [1.82, 2.24) is 0 Å². The quantitative estimate of drug-likeness (QED) is 0.910. The average molecular weight is 271 g/mol. The zero-order valence-corrected chi connectivity index (χ0v) is 11.6. The van der Waals surface area contributed by atoms with Gasteiger partial charge in [0.15, 0.2) is 0 Å². The van der Waals surface area contributed by atoms with Gasteiger partial charge in [-0.1, -0.05) is 18.2 Å². The molecular weight excluding hydrogens is 254 g/mol. The van der Waals surface area contributed by atoms with Gasteiger partial charge in [0, 0.05) is 21.7 Å². The Kier molecular flexibility index (Phi) is 2.64. The van der Waals surface area contributed by atoms with Crippen molar-refractivity contribution in [2.75, 3.05) is 6.61 Å². The van der Waals surface area contributed by atoms with E-state index in [1.54, 1.807) is 4.88 Å². The Labute approximate surface area is 117 Å². The lowest BCUT2D eigenvalue weighted by molar-refractivity contribution is 0.352. The fraction of sp³-hybridized carbons (Fsp3) is 0.375. The van der Waals surface area contributed by atoms with Crippen LogP contribution in [0.4, 0.5) is 0 Å². The highest BCUT2D eigenvalue weighted by Gasteiger charge is 2.24. The lowest BCUT2D eigenvalue weighted by atomic mass is 10.0. The number of thiophene rings is 1.